The third-order valence-corrected chi connectivity index (χ3v) is 2.95. The highest BCUT2D eigenvalue weighted by Crippen LogP contribution is 2.25. The van der Waals surface area contributed by atoms with Gasteiger partial charge in [-0.1, -0.05) is 0 Å². The Morgan fingerprint density at radius 1 is 1.39 bits per heavy atom. The van der Waals surface area contributed by atoms with Gasteiger partial charge in [-0.3, -0.25) is 19.4 Å². The quantitative estimate of drug-likeness (QED) is 0.502. The number of aromatic amines is 2. The molecule has 1 aromatic rings. The number of nitrogens with two attached hydrogens (primary N) is 2. The van der Waals surface area contributed by atoms with Crippen molar-refractivity contribution < 1.29 is 9.59 Å². The van der Waals surface area contributed by atoms with E-state index in [-0.39, 0.29) is 35.1 Å². The summed E-state index contributed by atoms with van der Waals surface area (Å²) in [5.41, 5.74) is 10.2. The maximum atomic E-state index is 11.7. The van der Waals surface area contributed by atoms with Gasteiger partial charge >= 0.3 is 0 Å². The minimum absolute atomic E-state index is 0.0118. The van der Waals surface area contributed by atoms with E-state index in [1.54, 1.807) is 0 Å². The van der Waals surface area contributed by atoms with Crippen LogP contribution in [0.5, 0.6) is 0 Å². The summed E-state index contributed by atoms with van der Waals surface area (Å²) in [6.45, 7) is 0.0477. The molecule has 0 bridgehead atoms. The van der Waals surface area contributed by atoms with Gasteiger partial charge in [0.15, 0.2) is 10.5 Å². The first kappa shape index (κ1) is 12.3. The van der Waals surface area contributed by atoms with Crippen LogP contribution in [0.25, 0.3) is 0 Å². The highest BCUT2D eigenvalue weighted by molar-refractivity contribution is 7.71. The molecule has 0 radical (unpaired) electrons. The van der Waals surface area contributed by atoms with Crippen molar-refractivity contribution in [1.82, 2.24) is 9.97 Å². The second-order valence-corrected chi connectivity index (χ2v) is 4.39. The molecule has 2 amide bonds. The van der Waals surface area contributed by atoms with E-state index in [0.717, 1.165) is 4.90 Å². The largest absolute Gasteiger partial charge is 0.383 e. The highest BCUT2D eigenvalue weighted by atomic mass is 32.1. The van der Waals surface area contributed by atoms with Gasteiger partial charge in [0.25, 0.3) is 5.56 Å². The van der Waals surface area contributed by atoms with Crippen LogP contribution >= 0.6 is 12.2 Å². The summed E-state index contributed by atoms with van der Waals surface area (Å²) in [4.78, 5) is 40.6. The van der Waals surface area contributed by atoms with E-state index < -0.39 is 17.4 Å². The summed E-state index contributed by atoms with van der Waals surface area (Å²) in [6.07, 6.45) is -0.0240. The number of hydrogen-bond donors (Lipinski definition) is 4. The third-order valence-electron chi connectivity index (χ3n) is 2.74. The number of hydrogen-bond acceptors (Lipinski definition) is 5. The van der Waals surface area contributed by atoms with E-state index in [9.17, 15) is 14.4 Å². The number of carbonyl (C=O) groups is 2. The van der Waals surface area contributed by atoms with Crippen LogP contribution in [0.2, 0.25) is 0 Å². The Labute approximate surface area is 106 Å². The minimum atomic E-state index is -0.612. The number of aromatic nitrogens is 2. The maximum Gasteiger partial charge on any atom is 0.277 e. The van der Waals surface area contributed by atoms with Gasteiger partial charge in [0.1, 0.15) is 5.82 Å². The predicted molar refractivity (Wildman–Crippen MR) is 66.3 cm³/mol. The molecule has 96 valence electrons. The zero-order chi connectivity index (χ0) is 13.4. The zero-order valence-electron chi connectivity index (χ0n) is 9.23. The van der Waals surface area contributed by atoms with Crippen molar-refractivity contribution in [2.45, 2.75) is 6.42 Å². The second kappa shape index (κ2) is 4.26. The first-order valence-electron chi connectivity index (χ1n) is 5.12. The average molecular weight is 269 g/mol. The van der Waals surface area contributed by atoms with Crippen LogP contribution in [-0.2, 0) is 9.59 Å². The molecule has 1 fully saturated rings. The predicted octanol–water partition coefficient (Wildman–Crippen LogP) is -1.15. The normalized spacial score (nSPS) is 19.2. The van der Waals surface area contributed by atoms with Gasteiger partial charge < -0.3 is 21.4 Å². The number of carbonyl (C=O) groups excluding carboxylic acids is 2. The number of anilines is 2. The first-order valence-corrected chi connectivity index (χ1v) is 5.52. The summed E-state index contributed by atoms with van der Waals surface area (Å²) in [6, 6.07) is 0. The van der Waals surface area contributed by atoms with E-state index in [1.807, 2.05) is 0 Å². The Hall–Kier alpha value is -2.16. The lowest BCUT2D eigenvalue weighted by Crippen LogP contribution is -2.33. The molecule has 1 aromatic heterocycles. The van der Waals surface area contributed by atoms with Crippen molar-refractivity contribution in [2.75, 3.05) is 17.2 Å². The molecule has 8 nitrogen and oxygen atoms in total. The van der Waals surface area contributed by atoms with E-state index in [1.165, 1.54) is 0 Å². The number of nitrogen functional groups attached to an aromatic ring is 1. The molecule has 9 heteroatoms. The van der Waals surface area contributed by atoms with Crippen molar-refractivity contribution >= 4 is 35.5 Å². The van der Waals surface area contributed by atoms with Crippen molar-refractivity contribution in [3.8, 4) is 0 Å². The molecule has 1 unspecified atom stereocenters. The van der Waals surface area contributed by atoms with E-state index >= 15 is 0 Å². The smallest absolute Gasteiger partial charge is 0.277 e. The fourth-order valence-corrected chi connectivity index (χ4v) is 2.08. The van der Waals surface area contributed by atoms with Crippen molar-refractivity contribution in [3.63, 3.8) is 0 Å². The minimum Gasteiger partial charge on any atom is -0.383 e. The summed E-state index contributed by atoms with van der Waals surface area (Å²) in [7, 11) is 0. The monoisotopic (exact) mass is 269 g/mol. The zero-order valence-corrected chi connectivity index (χ0v) is 10.0. The molecule has 0 aliphatic carbocycles. The van der Waals surface area contributed by atoms with Crippen molar-refractivity contribution in [1.29, 1.82) is 0 Å². The molecule has 1 atom stereocenters. The Balaban J connectivity index is 2.45. The van der Waals surface area contributed by atoms with Gasteiger partial charge in [-0.2, -0.15) is 0 Å². The SMILES string of the molecule is NC(=O)C1CC(=O)N(c2c(N)[nH]c(=S)[nH]c2=O)C1. The number of rotatable bonds is 2. The first-order chi connectivity index (χ1) is 8.40. The molecule has 1 aliphatic heterocycles. The second-order valence-electron chi connectivity index (χ2n) is 3.98. The fraction of sp³-hybridized carbons (Fsp3) is 0.333. The van der Waals surface area contributed by atoms with Gasteiger partial charge in [-0.15, -0.1) is 0 Å². The molecule has 2 heterocycles. The van der Waals surface area contributed by atoms with Crippen LogP contribution in [0.3, 0.4) is 0 Å². The van der Waals surface area contributed by atoms with E-state index in [0.29, 0.717) is 0 Å². The molecule has 18 heavy (non-hydrogen) atoms. The molecule has 0 saturated carbocycles. The van der Waals surface area contributed by atoms with Crippen LogP contribution in [0.4, 0.5) is 11.5 Å². The summed E-state index contributed by atoms with van der Waals surface area (Å²) in [5, 5.41) is 0. The molecular formula is C9H11N5O3S. The van der Waals surface area contributed by atoms with Gasteiger partial charge in [0.2, 0.25) is 11.8 Å². The molecule has 1 saturated heterocycles. The topological polar surface area (TPSA) is 138 Å². The summed E-state index contributed by atoms with van der Waals surface area (Å²) < 4.78 is 0.0688. The van der Waals surface area contributed by atoms with Crippen LogP contribution in [-0.4, -0.2) is 28.3 Å². The number of primary amides is 1. The maximum absolute atomic E-state index is 11.7. The lowest BCUT2D eigenvalue weighted by molar-refractivity contribution is -0.123. The highest BCUT2D eigenvalue weighted by Gasteiger charge is 2.36. The van der Waals surface area contributed by atoms with Crippen LogP contribution in [0.1, 0.15) is 6.42 Å². The number of H-pyrrole nitrogens is 2. The third kappa shape index (κ3) is 1.99. The lowest BCUT2D eigenvalue weighted by atomic mass is 10.1. The molecule has 2 rings (SSSR count). The van der Waals surface area contributed by atoms with Crippen molar-refractivity contribution in [2.24, 2.45) is 11.7 Å². The average Bonchev–Trinajstić information content (AvgIpc) is 2.59. The van der Waals surface area contributed by atoms with E-state index in [4.69, 9.17) is 23.7 Å². The number of nitrogens with one attached hydrogen (secondary N) is 2. The Morgan fingerprint density at radius 3 is 2.56 bits per heavy atom. The van der Waals surface area contributed by atoms with Crippen molar-refractivity contribution in [3.05, 3.63) is 15.1 Å². The Kier molecular flexibility index (Phi) is 2.91. The standard InChI is InChI=1S/C9H11N5O3S/c10-6-5(8(17)13-9(18)12-6)14-2-3(7(11)16)1-4(14)15/h3H,1-2H2,(H2,11,16)(H4,10,12,13,17,18). The number of nitrogens with zero attached hydrogens (tertiary/aromatic N) is 1. The van der Waals surface area contributed by atoms with E-state index in [2.05, 4.69) is 9.97 Å². The van der Waals surface area contributed by atoms with Crippen LogP contribution < -0.4 is 21.9 Å². The van der Waals surface area contributed by atoms with Crippen LogP contribution in [0.15, 0.2) is 4.79 Å². The molecule has 0 spiro atoms. The van der Waals surface area contributed by atoms with Crippen LogP contribution in [0, 0.1) is 10.7 Å². The van der Waals surface area contributed by atoms with Gasteiger partial charge in [0, 0.05) is 13.0 Å². The molecule has 1 aliphatic rings. The number of amides is 2. The summed E-state index contributed by atoms with van der Waals surface area (Å²) >= 11 is 4.75. The Bertz CT molecular complexity index is 634. The van der Waals surface area contributed by atoms with Gasteiger partial charge in [-0.05, 0) is 12.2 Å². The van der Waals surface area contributed by atoms with Gasteiger partial charge in [0.05, 0.1) is 5.92 Å². The molecular weight excluding hydrogens is 258 g/mol. The molecule has 0 aromatic carbocycles. The van der Waals surface area contributed by atoms with Gasteiger partial charge in [-0.25, -0.2) is 0 Å². The fourth-order valence-electron chi connectivity index (χ4n) is 1.88. The summed E-state index contributed by atoms with van der Waals surface area (Å²) in [5.74, 6) is -1.58. The lowest BCUT2D eigenvalue weighted by Gasteiger charge is -2.16. The molecule has 6 N–H and O–H groups in total. The Morgan fingerprint density at radius 2 is 2.06 bits per heavy atom.